The van der Waals surface area contributed by atoms with Gasteiger partial charge in [0.1, 0.15) is 18.5 Å². The van der Waals surface area contributed by atoms with E-state index in [2.05, 4.69) is 16.0 Å². The van der Waals surface area contributed by atoms with Crippen LogP contribution in [-0.2, 0) is 24.0 Å². The van der Waals surface area contributed by atoms with Gasteiger partial charge in [0.2, 0.25) is 23.4 Å². The summed E-state index contributed by atoms with van der Waals surface area (Å²) >= 11 is 0. The molecule has 0 aromatic heterocycles. The number of halogens is 5. The van der Waals surface area contributed by atoms with Gasteiger partial charge < -0.3 is 25.6 Å². The van der Waals surface area contributed by atoms with Crippen LogP contribution in [-0.4, -0.2) is 66.1 Å². The highest BCUT2D eigenvalue weighted by atomic mass is 19.2. The summed E-state index contributed by atoms with van der Waals surface area (Å²) in [4.78, 5) is 64.7. The number of carbonyl (C=O) groups is 5. The highest BCUT2D eigenvalue weighted by molar-refractivity contribution is 6.40. The van der Waals surface area contributed by atoms with Gasteiger partial charge in [-0.15, -0.1) is 0 Å². The van der Waals surface area contributed by atoms with E-state index in [4.69, 9.17) is 4.74 Å². The molecule has 2 fully saturated rings. The molecule has 2 aliphatic heterocycles. The lowest BCUT2D eigenvalue weighted by Crippen LogP contribution is -2.53. The lowest BCUT2D eigenvalue weighted by Gasteiger charge is -2.26. The van der Waals surface area contributed by atoms with Gasteiger partial charge in [0.05, 0.1) is 11.7 Å². The minimum absolute atomic E-state index is 0.00193. The molecule has 2 heterocycles. The average Bonchev–Trinajstić information content (AvgIpc) is 3.61. The molecule has 2 aromatic rings. The predicted octanol–water partition coefficient (Wildman–Crippen LogP) is 1.97. The summed E-state index contributed by atoms with van der Waals surface area (Å²) in [5, 5.41) is 7.11. The van der Waals surface area contributed by atoms with Crippen LogP contribution in [0.2, 0.25) is 0 Å². The van der Waals surface area contributed by atoms with Crippen molar-refractivity contribution in [1.82, 2.24) is 15.5 Å². The number of benzene rings is 2. The zero-order valence-corrected chi connectivity index (χ0v) is 21.9. The van der Waals surface area contributed by atoms with Crippen molar-refractivity contribution in [3.05, 3.63) is 59.4 Å². The number of rotatable bonds is 9. The molecule has 3 atom stereocenters. The Kier molecular flexibility index (Phi) is 9.38. The van der Waals surface area contributed by atoms with E-state index >= 15 is 0 Å². The molecule has 0 saturated carbocycles. The third kappa shape index (κ3) is 6.66. The number of carbonyl (C=O) groups excluding carboxylic acids is 5. The summed E-state index contributed by atoms with van der Waals surface area (Å²) in [5.41, 5.74) is -0.248. The van der Waals surface area contributed by atoms with Gasteiger partial charge in [0.25, 0.3) is 0 Å². The number of Topliss-reactive ketones (excluding diaryl/α,β-unsaturated/α-hetero) is 1. The minimum Gasteiger partial charge on any atom is -0.479 e. The number of ether oxygens (including phenoxy) is 1. The molecule has 1 unspecified atom stereocenters. The highest BCUT2D eigenvalue weighted by Crippen LogP contribution is 2.27. The first kappa shape index (κ1) is 30.4. The summed E-state index contributed by atoms with van der Waals surface area (Å²) in [5.74, 6) is -14.8. The second-order valence-electron chi connectivity index (χ2n) is 9.72. The zero-order valence-electron chi connectivity index (χ0n) is 21.9. The monoisotopic (exact) mass is 596 g/mol. The molecule has 0 radical (unpaired) electrons. The maximum atomic E-state index is 14.0. The van der Waals surface area contributed by atoms with Crippen LogP contribution in [0.4, 0.5) is 27.6 Å². The fourth-order valence-electron chi connectivity index (χ4n) is 4.77. The second kappa shape index (κ2) is 13.0. The van der Waals surface area contributed by atoms with E-state index in [-0.39, 0.29) is 31.1 Å². The van der Waals surface area contributed by atoms with Gasteiger partial charge >= 0.3 is 11.8 Å². The summed E-state index contributed by atoms with van der Waals surface area (Å²) in [6.45, 7) is -0.831. The van der Waals surface area contributed by atoms with Gasteiger partial charge in [-0.05, 0) is 37.8 Å². The Morgan fingerprint density at radius 3 is 2.33 bits per heavy atom. The van der Waals surface area contributed by atoms with Crippen LogP contribution in [0.3, 0.4) is 0 Å². The topological polar surface area (TPSA) is 134 Å². The van der Waals surface area contributed by atoms with E-state index in [9.17, 15) is 45.9 Å². The fourth-order valence-corrected chi connectivity index (χ4v) is 4.77. The number of hydrogen-bond acceptors (Lipinski definition) is 6. The standard InChI is InChI=1S/C27H25F5N4O6/c28-14-4-1-2-5-17(14)34-26(40)27(41)36-9-3-6-19(36)25(39)35-18(10-13-7-8-33-24(13)38)20(37)12-42-23-21(31)15(29)11-16(30)22(23)32/h1-2,4-5,11,13,18-19H,3,6-10,12H2,(H,33,38)(H,34,40)(H,35,39)/t13-,18?,19-/m0/s1. The minimum atomic E-state index is -1.87. The maximum Gasteiger partial charge on any atom is 0.314 e. The first-order valence-corrected chi connectivity index (χ1v) is 12.9. The fraction of sp³-hybridized carbons (Fsp3) is 0.370. The molecule has 4 amide bonds. The van der Waals surface area contributed by atoms with Crippen molar-refractivity contribution in [2.75, 3.05) is 25.0 Å². The van der Waals surface area contributed by atoms with Crippen LogP contribution in [0.15, 0.2) is 30.3 Å². The summed E-state index contributed by atoms with van der Waals surface area (Å²) < 4.78 is 73.7. The molecular formula is C27H25F5N4O6. The molecule has 0 bridgehead atoms. The van der Waals surface area contributed by atoms with Crippen molar-refractivity contribution in [3.63, 3.8) is 0 Å². The predicted molar refractivity (Wildman–Crippen MR) is 134 cm³/mol. The van der Waals surface area contributed by atoms with Crippen molar-refractivity contribution in [2.24, 2.45) is 5.92 Å². The van der Waals surface area contributed by atoms with E-state index in [0.29, 0.717) is 19.4 Å². The largest absolute Gasteiger partial charge is 0.479 e. The van der Waals surface area contributed by atoms with Crippen LogP contribution in [0.5, 0.6) is 5.75 Å². The molecule has 2 saturated heterocycles. The van der Waals surface area contributed by atoms with Crippen molar-refractivity contribution >= 4 is 35.1 Å². The third-order valence-electron chi connectivity index (χ3n) is 6.95. The van der Waals surface area contributed by atoms with Crippen molar-refractivity contribution in [3.8, 4) is 5.75 Å². The number of likely N-dealkylation sites (tertiary alicyclic amines) is 1. The Labute approximate surface area is 235 Å². The number of hydrogen-bond donors (Lipinski definition) is 3. The number of para-hydroxylation sites is 1. The maximum absolute atomic E-state index is 14.0. The normalized spacial score (nSPS) is 18.8. The van der Waals surface area contributed by atoms with Crippen LogP contribution in [0, 0.1) is 35.0 Å². The van der Waals surface area contributed by atoms with E-state index < -0.39 is 88.9 Å². The van der Waals surface area contributed by atoms with Crippen LogP contribution < -0.4 is 20.7 Å². The van der Waals surface area contributed by atoms with E-state index in [1.54, 1.807) is 0 Å². The molecule has 3 N–H and O–H groups in total. The number of nitrogens with one attached hydrogen (secondary N) is 3. The quantitative estimate of drug-likeness (QED) is 0.230. The van der Waals surface area contributed by atoms with Crippen LogP contribution >= 0.6 is 0 Å². The molecule has 0 spiro atoms. The molecular weight excluding hydrogens is 571 g/mol. The molecule has 2 aliphatic rings. The number of amides is 4. The average molecular weight is 597 g/mol. The molecule has 0 aliphatic carbocycles. The zero-order chi connectivity index (χ0) is 30.6. The van der Waals surface area contributed by atoms with Gasteiger partial charge in [-0.1, -0.05) is 12.1 Å². The summed E-state index contributed by atoms with van der Waals surface area (Å²) in [6, 6.07) is 2.41. The lowest BCUT2D eigenvalue weighted by molar-refractivity contribution is -0.146. The number of nitrogens with zero attached hydrogens (tertiary/aromatic N) is 1. The van der Waals surface area contributed by atoms with Crippen molar-refractivity contribution < 1.29 is 50.7 Å². The molecule has 10 nitrogen and oxygen atoms in total. The first-order valence-electron chi connectivity index (χ1n) is 12.9. The Bertz CT molecular complexity index is 1400. The molecule has 2 aromatic carbocycles. The van der Waals surface area contributed by atoms with Gasteiger partial charge in [-0.2, -0.15) is 8.78 Å². The van der Waals surface area contributed by atoms with Gasteiger partial charge in [-0.3, -0.25) is 24.0 Å². The van der Waals surface area contributed by atoms with E-state index in [1.165, 1.54) is 18.2 Å². The summed E-state index contributed by atoms with van der Waals surface area (Å²) in [7, 11) is 0. The van der Waals surface area contributed by atoms with Crippen LogP contribution in [0.1, 0.15) is 25.7 Å². The SMILES string of the molecule is O=C(Nc1ccccc1F)C(=O)N1CCC[C@H]1C(=O)NC(C[C@@H]1CCNC1=O)C(=O)COc1c(F)c(F)cc(F)c1F. The van der Waals surface area contributed by atoms with Gasteiger partial charge in [0.15, 0.2) is 23.2 Å². The molecule has 224 valence electrons. The third-order valence-corrected chi connectivity index (χ3v) is 6.95. The van der Waals surface area contributed by atoms with E-state index in [1.807, 2.05) is 0 Å². The molecule has 15 heteroatoms. The smallest absolute Gasteiger partial charge is 0.314 e. The number of anilines is 1. The highest BCUT2D eigenvalue weighted by Gasteiger charge is 2.39. The molecule has 4 rings (SSSR count). The Morgan fingerprint density at radius 2 is 1.69 bits per heavy atom. The second-order valence-corrected chi connectivity index (χ2v) is 9.72. The van der Waals surface area contributed by atoms with Gasteiger partial charge in [0, 0.05) is 25.1 Å². The Hall–Kier alpha value is -4.56. The Morgan fingerprint density at radius 1 is 1.00 bits per heavy atom. The Balaban J connectivity index is 1.47. The summed E-state index contributed by atoms with van der Waals surface area (Å²) in [6.07, 6.45) is 0.469. The van der Waals surface area contributed by atoms with Crippen molar-refractivity contribution in [2.45, 2.75) is 37.8 Å². The number of ketones is 1. The van der Waals surface area contributed by atoms with Crippen molar-refractivity contribution in [1.29, 1.82) is 0 Å². The van der Waals surface area contributed by atoms with E-state index in [0.717, 1.165) is 11.0 Å². The van der Waals surface area contributed by atoms with Gasteiger partial charge in [-0.25, -0.2) is 13.2 Å². The first-order chi connectivity index (χ1) is 20.0. The van der Waals surface area contributed by atoms with Crippen LogP contribution in [0.25, 0.3) is 0 Å². The molecule has 42 heavy (non-hydrogen) atoms. The lowest BCUT2D eigenvalue weighted by atomic mass is 9.95.